The number of methoxy groups -OCH3 is 1. The van der Waals surface area contributed by atoms with Gasteiger partial charge in [-0.2, -0.15) is 0 Å². The van der Waals surface area contributed by atoms with Crippen molar-refractivity contribution in [1.29, 1.82) is 0 Å². The van der Waals surface area contributed by atoms with Gasteiger partial charge >= 0.3 is 5.97 Å². The number of hydrogen-bond donors (Lipinski definition) is 6. The van der Waals surface area contributed by atoms with Gasteiger partial charge in [0.1, 0.15) is 5.60 Å². The summed E-state index contributed by atoms with van der Waals surface area (Å²) in [4.78, 5) is 28.0. The van der Waals surface area contributed by atoms with Crippen molar-refractivity contribution in [1.82, 2.24) is 5.32 Å². The van der Waals surface area contributed by atoms with Crippen LogP contribution < -0.4 is 25.8 Å². The number of hydrogen-bond acceptors (Lipinski definition) is 8. The fourth-order valence-corrected chi connectivity index (χ4v) is 6.02. The highest BCUT2D eigenvalue weighted by Gasteiger charge is 2.41. The Labute approximate surface area is 271 Å². The van der Waals surface area contributed by atoms with Gasteiger partial charge in [0.05, 0.1) is 12.8 Å². The number of aryl methyl sites for hydroxylation is 1. The second-order valence-corrected chi connectivity index (χ2v) is 12.5. The fraction of sp³-hybridized carbons (Fsp3) is 0.514. The van der Waals surface area contributed by atoms with E-state index in [0.717, 1.165) is 24.0 Å². The van der Waals surface area contributed by atoms with Crippen molar-refractivity contribution < 1.29 is 34.4 Å². The van der Waals surface area contributed by atoms with Crippen LogP contribution in [-0.2, 0) is 22.4 Å². The standard InChI is InChI=1S/C35H50N4O7/c1-22(2)26(9-11-27(40)10-6-23-7-12-29(41)30(18-23)45-5)16-25-17-28(39-34(36)38-4)33(44)31(19-25)46-35(21-37-3)15-14-24(20-35)8-13-32(42)43/h7,9,11-12,17-19,22,24,26,37,41,44H,6,8,10,13-16,20-21H2,1-5H3,(H,42,43)(H3,36,38,39)/t24-,26+,35+/m1/s1. The maximum Gasteiger partial charge on any atom is 0.303 e. The van der Waals surface area contributed by atoms with Crippen molar-refractivity contribution in [3.05, 3.63) is 53.6 Å². The Balaban J connectivity index is 1.82. The second kappa shape index (κ2) is 16.9. The van der Waals surface area contributed by atoms with Gasteiger partial charge in [-0.1, -0.05) is 26.0 Å². The van der Waals surface area contributed by atoms with Crippen LogP contribution in [0.2, 0.25) is 0 Å². The predicted octanol–water partition coefficient (Wildman–Crippen LogP) is 5.04. The molecule has 0 aliphatic heterocycles. The van der Waals surface area contributed by atoms with Gasteiger partial charge in [-0.15, -0.1) is 0 Å². The van der Waals surface area contributed by atoms with E-state index in [1.165, 1.54) is 7.11 Å². The maximum absolute atomic E-state index is 12.8. The number of phenols is 2. The molecular weight excluding hydrogens is 588 g/mol. The van der Waals surface area contributed by atoms with Crippen molar-refractivity contribution in [2.45, 2.75) is 70.8 Å². The zero-order valence-corrected chi connectivity index (χ0v) is 27.6. The number of carbonyl (C=O) groups is 2. The summed E-state index contributed by atoms with van der Waals surface area (Å²) in [5, 5.41) is 36.5. The first-order valence-electron chi connectivity index (χ1n) is 15.9. The van der Waals surface area contributed by atoms with Crippen LogP contribution in [0.5, 0.6) is 23.0 Å². The van der Waals surface area contributed by atoms with Crippen LogP contribution in [-0.4, -0.2) is 66.4 Å². The molecule has 252 valence electrons. The number of aliphatic carboxylic acids is 1. The van der Waals surface area contributed by atoms with E-state index < -0.39 is 11.6 Å². The van der Waals surface area contributed by atoms with E-state index in [1.807, 2.05) is 25.3 Å². The van der Waals surface area contributed by atoms with Gasteiger partial charge < -0.3 is 41.2 Å². The van der Waals surface area contributed by atoms with Crippen LogP contribution in [0.15, 0.2) is 47.5 Å². The number of rotatable bonds is 17. The molecular formula is C35H50N4O7. The zero-order chi connectivity index (χ0) is 33.9. The summed E-state index contributed by atoms with van der Waals surface area (Å²) in [5.41, 5.74) is 7.50. The summed E-state index contributed by atoms with van der Waals surface area (Å²) >= 11 is 0. The first-order valence-corrected chi connectivity index (χ1v) is 15.9. The zero-order valence-electron chi connectivity index (χ0n) is 27.6. The summed E-state index contributed by atoms with van der Waals surface area (Å²) in [5.74, 6) is 0.411. The van der Waals surface area contributed by atoms with Crippen LogP contribution in [0.25, 0.3) is 0 Å². The molecule has 1 aliphatic rings. The van der Waals surface area contributed by atoms with Crippen LogP contribution in [0, 0.1) is 17.8 Å². The van der Waals surface area contributed by atoms with Crippen LogP contribution in [0.4, 0.5) is 5.69 Å². The third-order valence-electron chi connectivity index (χ3n) is 8.66. The lowest BCUT2D eigenvalue weighted by molar-refractivity contribution is -0.137. The number of guanidine groups is 1. The molecule has 1 aliphatic carbocycles. The van der Waals surface area contributed by atoms with Gasteiger partial charge in [-0.05, 0) is 105 Å². The number of ether oxygens (including phenoxy) is 2. The van der Waals surface area contributed by atoms with Crippen molar-refractivity contribution in [2.24, 2.45) is 28.5 Å². The molecule has 0 radical (unpaired) electrons. The van der Waals surface area contributed by atoms with E-state index in [4.69, 9.17) is 15.2 Å². The maximum atomic E-state index is 12.8. The minimum absolute atomic E-state index is 0.00519. The number of benzene rings is 2. The lowest BCUT2D eigenvalue weighted by Gasteiger charge is -2.32. The third-order valence-corrected chi connectivity index (χ3v) is 8.66. The average molecular weight is 639 g/mol. The molecule has 1 fully saturated rings. The minimum atomic E-state index is -0.809. The Morgan fingerprint density at radius 3 is 2.54 bits per heavy atom. The molecule has 0 heterocycles. The molecule has 7 N–H and O–H groups in total. The number of nitrogens with one attached hydrogen (secondary N) is 2. The number of carboxylic acid groups (broad SMARTS) is 1. The van der Waals surface area contributed by atoms with Crippen LogP contribution in [0.3, 0.4) is 0 Å². The molecule has 0 aromatic heterocycles. The highest BCUT2D eigenvalue weighted by molar-refractivity contribution is 5.94. The number of allylic oxidation sites excluding steroid dienone is 2. The normalized spacial score (nSPS) is 19.0. The van der Waals surface area contributed by atoms with Crippen molar-refractivity contribution in [3.8, 4) is 23.0 Å². The number of likely N-dealkylation sites (N-methyl/N-ethyl adjacent to an activating group) is 1. The first-order chi connectivity index (χ1) is 21.9. The van der Waals surface area contributed by atoms with E-state index in [1.54, 1.807) is 31.3 Å². The van der Waals surface area contributed by atoms with E-state index in [0.29, 0.717) is 55.8 Å². The van der Waals surface area contributed by atoms with Crippen molar-refractivity contribution >= 4 is 23.4 Å². The average Bonchev–Trinajstić information content (AvgIpc) is 3.42. The highest BCUT2D eigenvalue weighted by Crippen LogP contribution is 2.44. The molecule has 0 amide bonds. The van der Waals surface area contributed by atoms with E-state index in [-0.39, 0.29) is 47.4 Å². The van der Waals surface area contributed by atoms with Gasteiger partial charge in [-0.25, -0.2) is 0 Å². The molecule has 0 spiro atoms. The molecule has 0 saturated heterocycles. The molecule has 11 nitrogen and oxygen atoms in total. The molecule has 2 aromatic carbocycles. The number of anilines is 1. The number of phenolic OH excluding ortho intramolecular Hbond substituents is 2. The number of ketones is 1. The third kappa shape index (κ3) is 10.4. The summed E-state index contributed by atoms with van der Waals surface area (Å²) < 4.78 is 11.8. The Morgan fingerprint density at radius 1 is 1.15 bits per heavy atom. The van der Waals surface area contributed by atoms with Gasteiger partial charge in [0, 0.05) is 26.4 Å². The van der Waals surface area contributed by atoms with E-state index >= 15 is 0 Å². The number of nitrogens with zero attached hydrogens (tertiary/aromatic N) is 1. The molecule has 46 heavy (non-hydrogen) atoms. The first kappa shape index (κ1) is 36.2. The monoisotopic (exact) mass is 638 g/mol. The Kier molecular flexibility index (Phi) is 13.3. The quantitative estimate of drug-likeness (QED) is 0.0596. The second-order valence-electron chi connectivity index (χ2n) is 12.5. The Morgan fingerprint density at radius 2 is 1.89 bits per heavy atom. The Hall–Kier alpha value is -4.25. The molecule has 0 unspecified atom stereocenters. The molecule has 0 bridgehead atoms. The highest BCUT2D eigenvalue weighted by atomic mass is 16.5. The van der Waals surface area contributed by atoms with E-state index in [2.05, 4.69) is 29.5 Å². The number of carbonyl (C=O) groups excluding carboxylic acids is 1. The molecule has 11 heteroatoms. The summed E-state index contributed by atoms with van der Waals surface area (Å²) in [6, 6.07) is 8.73. The summed E-state index contributed by atoms with van der Waals surface area (Å²) in [6.07, 6.45) is 7.92. The lowest BCUT2D eigenvalue weighted by Crippen LogP contribution is -2.42. The van der Waals surface area contributed by atoms with Gasteiger partial charge in [-0.3, -0.25) is 14.6 Å². The van der Waals surface area contributed by atoms with Crippen molar-refractivity contribution in [3.63, 3.8) is 0 Å². The lowest BCUT2D eigenvalue weighted by atomic mass is 9.88. The number of nitrogens with two attached hydrogens (primary N) is 1. The predicted molar refractivity (Wildman–Crippen MR) is 180 cm³/mol. The number of carboxylic acids is 1. The topological polar surface area (TPSA) is 176 Å². The minimum Gasteiger partial charge on any atom is -0.504 e. The number of aliphatic imine (C=N–C) groups is 1. The Bertz CT molecular complexity index is 1410. The van der Waals surface area contributed by atoms with Gasteiger partial charge in [0.2, 0.25) is 0 Å². The van der Waals surface area contributed by atoms with E-state index in [9.17, 15) is 24.9 Å². The molecule has 2 aromatic rings. The smallest absolute Gasteiger partial charge is 0.303 e. The fourth-order valence-electron chi connectivity index (χ4n) is 6.02. The summed E-state index contributed by atoms with van der Waals surface area (Å²) in [7, 11) is 4.88. The molecule has 1 saturated carbocycles. The van der Waals surface area contributed by atoms with Gasteiger partial charge in [0.25, 0.3) is 0 Å². The molecule has 3 rings (SSSR count). The van der Waals surface area contributed by atoms with Crippen LogP contribution >= 0.6 is 0 Å². The molecule has 3 atom stereocenters. The van der Waals surface area contributed by atoms with Crippen molar-refractivity contribution in [2.75, 3.05) is 33.1 Å². The summed E-state index contributed by atoms with van der Waals surface area (Å²) in [6.45, 7) is 4.73. The SMILES string of the molecule is CN=C(N)Nc1cc(C[C@H](C=CC(=O)CCc2ccc(O)c(OC)c2)C(C)C)cc(O[C@@]2(CNC)CC[C@@H](CCC(=O)O)C2)c1O. The van der Waals surface area contributed by atoms with Crippen LogP contribution in [0.1, 0.15) is 63.5 Å². The largest absolute Gasteiger partial charge is 0.504 e. The van der Waals surface area contributed by atoms with Gasteiger partial charge in [0.15, 0.2) is 34.7 Å². The number of aromatic hydroxyl groups is 2.